The molecule has 0 aliphatic heterocycles. The Bertz CT molecular complexity index is 283. The zero-order valence-corrected chi connectivity index (χ0v) is 8.46. The molecule has 1 aromatic rings. The van der Waals surface area contributed by atoms with Crippen molar-refractivity contribution in [3.63, 3.8) is 0 Å². The number of nitrogens with one attached hydrogen (secondary N) is 1. The van der Waals surface area contributed by atoms with Gasteiger partial charge in [-0.3, -0.25) is 0 Å². The first-order valence-corrected chi connectivity index (χ1v) is 4.55. The molecule has 0 spiro atoms. The summed E-state index contributed by atoms with van der Waals surface area (Å²) in [6.07, 6.45) is -0.398. The van der Waals surface area contributed by atoms with Crippen LogP contribution in [0.5, 0.6) is 0 Å². The van der Waals surface area contributed by atoms with Crippen LogP contribution < -0.4 is 5.32 Å². The van der Waals surface area contributed by atoms with Gasteiger partial charge in [-0.1, -0.05) is 23.8 Å². The zero-order chi connectivity index (χ0) is 9.84. The van der Waals surface area contributed by atoms with Crippen molar-refractivity contribution in [1.82, 2.24) is 5.32 Å². The SMILES string of the molecule is CNCC(O)c1ccc(C)cc1C. The minimum Gasteiger partial charge on any atom is -0.387 e. The highest BCUT2D eigenvalue weighted by molar-refractivity contribution is 5.32. The zero-order valence-electron chi connectivity index (χ0n) is 8.46. The number of aryl methyl sites for hydroxylation is 2. The first-order chi connectivity index (χ1) is 6.15. The number of benzene rings is 1. The van der Waals surface area contributed by atoms with Crippen LogP contribution in [-0.2, 0) is 0 Å². The summed E-state index contributed by atoms with van der Waals surface area (Å²) < 4.78 is 0. The van der Waals surface area contributed by atoms with Gasteiger partial charge in [-0.15, -0.1) is 0 Å². The Balaban J connectivity index is 2.88. The molecule has 2 heteroatoms. The van der Waals surface area contributed by atoms with E-state index in [2.05, 4.69) is 18.3 Å². The first kappa shape index (κ1) is 10.2. The number of hydrogen-bond acceptors (Lipinski definition) is 2. The summed E-state index contributed by atoms with van der Waals surface area (Å²) in [4.78, 5) is 0. The van der Waals surface area contributed by atoms with Gasteiger partial charge in [-0.05, 0) is 32.0 Å². The summed E-state index contributed by atoms with van der Waals surface area (Å²) in [6.45, 7) is 4.69. The van der Waals surface area contributed by atoms with Crippen molar-refractivity contribution in [2.24, 2.45) is 0 Å². The van der Waals surface area contributed by atoms with E-state index in [4.69, 9.17) is 0 Å². The third kappa shape index (κ3) is 2.54. The Kier molecular flexibility index (Phi) is 3.46. The highest BCUT2D eigenvalue weighted by atomic mass is 16.3. The highest BCUT2D eigenvalue weighted by Gasteiger charge is 2.08. The van der Waals surface area contributed by atoms with Crippen molar-refractivity contribution in [1.29, 1.82) is 0 Å². The quantitative estimate of drug-likeness (QED) is 0.738. The molecule has 1 rings (SSSR count). The van der Waals surface area contributed by atoms with Crippen molar-refractivity contribution in [2.75, 3.05) is 13.6 Å². The first-order valence-electron chi connectivity index (χ1n) is 4.55. The molecule has 0 aromatic heterocycles. The van der Waals surface area contributed by atoms with Gasteiger partial charge in [0.1, 0.15) is 0 Å². The topological polar surface area (TPSA) is 32.3 Å². The summed E-state index contributed by atoms with van der Waals surface area (Å²) >= 11 is 0. The normalized spacial score (nSPS) is 12.9. The van der Waals surface area contributed by atoms with Crippen molar-refractivity contribution in [2.45, 2.75) is 20.0 Å². The summed E-state index contributed by atoms with van der Waals surface area (Å²) in [5.41, 5.74) is 3.40. The maximum absolute atomic E-state index is 9.73. The molecular weight excluding hydrogens is 162 g/mol. The Hall–Kier alpha value is -0.860. The molecule has 0 radical (unpaired) electrons. The second-order valence-corrected chi connectivity index (χ2v) is 3.43. The highest BCUT2D eigenvalue weighted by Crippen LogP contribution is 2.17. The van der Waals surface area contributed by atoms with Gasteiger partial charge in [-0.25, -0.2) is 0 Å². The molecule has 0 aliphatic rings. The van der Waals surface area contributed by atoms with Gasteiger partial charge >= 0.3 is 0 Å². The van der Waals surface area contributed by atoms with E-state index in [0.717, 1.165) is 11.1 Å². The van der Waals surface area contributed by atoms with Gasteiger partial charge in [0, 0.05) is 6.54 Å². The molecule has 0 saturated carbocycles. The maximum Gasteiger partial charge on any atom is 0.0916 e. The number of aliphatic hydroxyl groups excluding tert-OH is 1. The lowest BCUT2D eigenvalue weighted by Crippen LogP contribution is -2.17. The third-order valence-corrected chi connectivity index (χ3v) is 2.18. The molecule has 0 saturated heterocycles. The minimum atomic E-state index is -0.398. The number of aliphatic hydroxyl groups is 1. The van der Waals surface area contributed by atoms with E-state index in [-0.39, 0.29) is 0 Å². The van der Waals surface area contributed by atoms with E-state index in [0.29, 0.717) is 6.54 Å². The van der Waals surface area contributed by atoms with E-state index in [1.807, 2.05) is 26.1 Å². The molecule has 0 amide bonds. The lowest BCUT2D eigenvalue weighted by molar-refractivity contribution is 0.177. The van der Waals surface area contributed by atoms with Crippen LogP contribution in [0.15, 0.2) is 18.2 Å². The molecule has 72 valence electrons. The second-order valence-electron chi connectivity index (χ2n) is 3.43. The van der Waals surface area contributed by atoms with Crippen LogP contribution in [0.4, 0.5) is 0 Å². The molecule has 1 unspecified atom stereocenters. The Morgan fingerprint density at radius 3 is 2.62 bits per heavy atom. The standard InChI is InChI=1S/C11H17NO/c1-8-4-5-10(9(2)6-8)11(13)7-12-3/h4-6,11-13H,7H2,1-3H3. The van der Waals surface area contributed by atoms with Gasteiger partial charge in [0.15, 0.2) is 0 Å². The van der Waals surface area contributed by atoms with E-state index in [9.17, 15) is 5.11 Å². The van der Waals surface area contributed by atoms with E-state index < -0.39 is 6.10 Å². The number of likely N-dealkylation sites (N-methyl/N-ethyl adjacent to an activating group) is 1. The Morgan fingerprint density at radius 2 is 2.08 bits per heavy atom. The second kappa shape index (κ2) is 4.40. The van der Waals surface area contributed by atoms with Gasteiger partial charge in [-0.2, -0.15) is 0 Å². The summed E-state index contributed by atoms with van der Waals surface area (Å²) in [5, 5.41) is 12.7. The molecule has 2 N–H and O–H groups in total. The fraction of sp³-hybridized carbons (Fsp3) is 0.455. The average Bonchev–Trinajstić information content (AvgIpc) is 2.04. The van der Waals surface area contributed by atoms with E-state index in [1.165, 1.54) is 5.56 Å². The Morgan fingerprint density at radius 1 is 1.38 bits per heavy atom. The molecule has 1 atom stereocenters. The number of rotatable bonds is 3. The van der Waals surface area contributed by atoms with E-state index in [1.54, 1.807) is 0 Å². The molecule has 0 heterocycles. The fourth-order valence-corrected chi connectivity index (χ4v) is 1.50. The molecule has 0 fully saturated rings. The van der Waals surface area contributed by atoms with Gasteiger partial charge in [0.2, 0.25) is 0 Å². The molecular formula is C11H17NO. The third-order valence-electron chi connectivity index (χ3n) is 2.18. The largest absolute Gasteiger partial charge is 0.387 e. The molecule has 1 aromatic carbocycles. The van der Waals surface area contributed by atoms with Gasteiger partial charge < -0.3 is 10.4 Å². The molecule has 2 nitrogen and oxygen atoms in total. The summed E-state index contributed by atoms with van der Waals surface area (Å²) in [7, 11) is 1.84. The fourth-order valence-electron chi connectivity index (χ4n) is 1.50. The van der Waals surface area contributed by atoms with Crippen LogP contribution in [0.1, 0.15) is 22.8 Å². The van der Waals surface area contributed by atoms with Crippen molar-refractivity contribution in [3.05, 3.63) is 34.9 Å². The Labute approximate surface area is 79.6 Å². The average molecular weight is 179 g/mol. The van der Waals surface area contributed by atoms with Crippen molar-refractivity contribution in [3.8, 4) is 0 Å². The van der Waals surface area contributed by atoms with Crippen LogP contribution in [0.2, 0.25) is 0 Å². The smallest absolute Gasteiger partial charge is 0.0916 e. The lowest BCUT2D eigenvalue weighted by Gasteiger charge is -2.13. The lowest BCUT2D eigenvalue weighted by atomic mass is 10.0. The molecule has 0 aliphatic carbocycles. The van der Waals surface area contributed by atoms with E-state index >= 15 is 0 Å². The van der Waals surface area contributed by atoms with Crippen LogP contribution in [0.3, 0.4) is 0 Å². The van der Waals surface area contributed by atoms with Crippen LogP contribution in [-0.4, -0.2) is 18.7 Å². The van der Waals surface area contributed by atoms with Gasteiger partial charge in [0.25, 0.3) is 0 Å². The number of hydrogen-bond donors (Lipinski definition) is 2. The molecule has 13 heavy (non-hydrogen) atoms. The summed E-state index contributed by atoms with van der Waals surface area (Å²) in [6, 6.07) is 6.11. The van der Waals surface area contributed by atoms with Crippen molar-refractivity contribution >= 4 is 0 Å². The predicted octanol–water partition coefficient (Wildman–Crippen LogP) is 1.56. The summed E-state index contributed by atoms with van der Waals surface area (Å²) in [5.74, 6) is 0. The van der Waals surface area contributed by atoms with Crippen LogP contribution in [0.25, 0.3) is 0 Å². The monoisotopic (exact) mass is 179 g/mol. The van der Waals surface area contributed by atoms with Gasteiger partial charge in [0.05, 0.1) is 6.10 Å². The molecule has 0 bridgehead atoms. The predicted molar refractivity (Wildman–Crippen MR) is 54.8 cm³/mol. The van der Waals surface area contributed by atoms with Crippen LogP contribution >= 0.6 is 0 Å². The van der Waals surface area contributed by atoms with Crippen molar-refractivity contribution < 1.29 is 5.11 Å². The van der Waals surface area contributed by atoms with Crippen LogP contribution in [0, 0.1) is 13.8 Å². The minimum absolute atomic E-state index is 0.398. The maximum atomic E-state index is 9.73.